The maximum Gasteiger partial charge on any atom is 0.239 e. The Hall–Kier alpha value is -2.95. The highest BCUT2D eigenvalue weighted by Gasteiger charge is 2.06. The Kier molecular flexibility index (Phi) is 4.47. The molecule has 1 amide bonds. The Morgan fingerprint density at radius 3 is 2.74 bits per heavy atom. The Balaban J connectivity index is 1.59. The van der Waals surface area contributed by atoms with E-state index in [1.165, 1.54) is 6.07 Å². The number of hydrogen-bond donors (Lipinski definition) is 2. The number of nitrogens with one attached hydrogen (secondary N) is 2. The minimum absolute atomic E-state index is 0.101. The largest absolute Gasteiger partial charge is 0.374 e. The number of nitrogens with zero attached hydrogens (tertiary/aromatic N) is 1. The van der Waals surface area contributed by atoms with Crippen LogP contribution in [0.5, 0.6) is 0 Å². The number of anilines is 1. The zero-order valence-electron chi connectivity index (χ0n) is 12.4. The Morgan fingerprint density at radius 2 is 1.87 bits per heavy atom. The molecular formula is C18H16FN3O. The Bertz CT molecular complexity index is 830. The molecule has 3 aromatic rings. The predicted molar refractivity (Wildman–Crippen MR) is 88.5 cm³/mol. The number of hydrogen-bond acceptors (Lipinski definition) is 3. The van der Waals surface area contributed by atoms with Gasteiger partial charge in [-0.05, 0) is 18.2 Å². The zero-order valence-corrected chi connectivity index (χ0v) is 12.4. The standard InChI is InChI=1S/C18H16FN3O/c19-15-8-2-1-5-14(15)11-22-17(23)12-21-16-9-3-6-13-7-4-10-20-18(13)16/h1-10,21H,11-12H2,(H,22,23). The summed E-state index contributed by atoms with van der Waals surface area (Å²) in [5, 5.41) is 6.77. The molecule has 0 aliphatic carbocycles. The van der Waals surface area contributed by atoms with E-state index in [0.29, 0.717) is 5.56 Å². The van der Waals surface area contributed by atoms with Crippen LogP contribution in [0.15, 0.2) is 60.8 Å². The highest BCUT2D eigenvalue weighted by atomic mass is 19.1. The van der Waals surface area contributed by atoms with Gasteiger partial charge in [0.1, 0.15) is 5.82 Å². The van der Waals surface area contributed by atoms with Gasteiger partial charge < -0.3 is 10.6 Å². The van der Waals surface area contributed by atoms with Gasteiger partial charge in [0.25, 0.3) is 0 Å². The van der Waals surface area contributed by atoms with Crippen molar-refractivity contribution in [2.24, 2.45) is 0 Å². The van der Waals surface area contributed by atoms with Gasteiger partial charge in [-0.25, -0.2) is 4.39 Å². The van der Waals surface area contributed by atoms with Crippen LogP contribution in [0, 0.1) is 5.82 Å². The fourth-order valence-electron chi connectivity index (χ4n) is 2.32. The van der Waals surface area contributed by atoms with E-state index in [1.54, 1.807) is 24.4 Å². The van der Waals surface area contributed by atoms with E-state index in [-0.39, 0.29) is 24.8 Å². The van der Waals surface area contributed by atoms with Crippen molar-refractivity contribution in [2.45, 2.75) is 6.54 Å². The smallest absolute Gasteiger partial charge is 0.239 e. The molecule has 0 aliphatic rings. The number of fused-ring (bicyclic) bond motifs is 1. The summed E-state index contributed by atoms with van der Waals surface area (Å²) in [5.74, 6) is -0.528. The van der Waals surface area contributed by atoms with Crippen molar-refractivity contribution in [3.8, 4) is 0 Å². The molecule has 0 fully saturated rings. The first-order valence-electron chi connectivity index (χ1n) is 7.32. The van der Waals surface area contributed by atoms with Gasteiger partial charge >= 0.3 is 0 Å². The number of rotatable bonds is 5. The van der Waals surface area contributed by atoms with Crippen LogP contribution in [0.2, 0.25) is 0 Å². The van der Waals surface area contributed by atoms with Crippen molar-refractivity contribution in [1.82, 2.24) is 10.3 Å². The summed E-state index contributed by atoms with van der Waals surface area (Å²) < 4.78 is 13.5. The average Bonchev–Trinajstić information content (AvgIpc) is 2.59. The molecule has 2 N–H and O–H groups in total. The van der Waals surface area contributed by atoms with Crippen LogP contribution < -0.4 is 10.6 Å². The van der Waals surface area contributed by atoms with E-state index in [2.05, 4.69) is 15.6 Å². The van der Waals surface area contributed by atoms with Crippen LogP contribution in [0.4, 0.5) is 10.1 Å². The molecule has 4 nitrogen and oxygen atoms in total. The third-order valence-electron chi connectivity index (χ3n) is 3.51. The lowest BCUT2D eigenvalue weighted by molar-refractivity contribution is -0.119. The normalized spacial score (nSPS) is 10.5. The quantitative estimate of drug-likeness (QED) is 0.761. The molecule has 0 saturated carbocycles. The van der Waals surface area contributed by atoms with Crippen LogP contribution in [0.1, 0.15) is 5.56 Å². The first-order valence-corrected chi connectivity index (χ1v) is 7.32. The first-order chi connectivity index (χ1) is 11.2. The molecule has 1 aromatic heterocycles. The zero-order chi connectivity index (χ0) is 16.1. The molecule has 23 heavy (non-hydrogen) atoms. The third kappa shape index (κ3) is 3.63. The maximum atomic E-state index is 13.5. The minimum Gasteiger partial charge on any atom is -0.374 e. The molecule has 0 saturated heterocycles. The van der Waals surface area contributed by atoms with Gasteiger partial charge in [-0.3, -0.25) is 9.78 Å². The van der Waals surface area contributed by atoms with Gasteiger partial charge in [0.2, 0.25) is 5.91 Å². The minimum atomic E-state index is -0.320. The van der Waals surface area contributed by atoms with Crippen LogP contribution >= 0.6 is 0 Å². The number of carbonyl (C=O) groups excluding carboxylic acids is 1. The van der Waals surface area contributed by atoms with E-state index < -0.39 is 0 Å². The number of carbonyl (C=O) groups is 1. The second kappa shape index (κ2) is 6.87. The highest BCUT2D eigenvalue weighted by Crippen LogP contribution is 2.20. The van der Waals surface area contributed by atoms with Gasteiger partial charge in [-0.2, -0.15) is 0 Å². The van der Waals surface area contributed by atoms with E-state index in [9.17, 15) is 9.18 Å². The van der Waals surface area contributed by atoms with Crippen molar-refractivity contribution in [2.75, 3.05) is 11.9 Å². The second-order valence-corrected chi connectivity index (χ2v) is 5.10. The number of aromatic nitrogens is 1. The van der Waals surface area contributed by atoms with Crippen molar-refractivity contribution >= 4 is 22.5 Å². The molecule has 116 valence electrons. The van der Waals surface area contributed by atoms with Crippen LogP contribution in [0.3, 0.4) is 0 Å². The van der Waals surface area contributed by atoms with Crippen molar-refractivity contribution in [3.05, 3.63) is 72.2 Å². The molecule has 3 rings (SSSR count). The second-order valence-electron chi connectivity index (χ2n) is 5.10. The number of halogens is 1. The molecule has 0 spiro atoms. The third-order valence-corrected chi connectivity index (χ3v) is 3.51. The van der Waals surface area contributed by atoms with Gasteiger partial charge in [0.15, 0.2) is 0 Å². The molecule has 0 atom stereocenters. The van der Waals surface area contributed by atoms with Crippen LogP contribution in [-0.2, 0) is 11.3 Å². The van der Waals surface area contributed by atoms with E-state index >= 15 is 0 Å². The lowest BCUT2D eigenvalue weighted by atomic mass is 10.2. The molecule has 5 heteroatoms. The summed E-state index contributed by atoms with van der Waals surface area (Å²) in [5.41, 5.74) is 2.08. The predicted octanol–water partition coefficient (Wildman–Crippen LogP) is 3.10. The first kappa shape index (κ1) is 15.0. The summed E-state index contributed by atoms with van der Waals surface area (Å²) in [4.78, 5) is 16.2. The van der Waals surface area contributed by atoms with Gasteiger partial charge in [-0.15, -0.1) is 0 Å². The maximum absolute atomic E-state index is 13.5. The Morgan fingerprint density at radius 1 is 1.04 bits per heavy atom. The number of amides is 1. The fraction of sp³-hybridized carbons (Fsp3) is 0.111. The molecule has 0 unspecified atom stereocenters. The lowest BCUT2D eigenvalue weighted by Gasteiger charge is -2.10. The van der Waals surface area contributed by atoms with Gasteiger partial charge in [0.05, 0.1) is 17.7 Å². The molecule has 0 radical (unpaired) electrons. The molecule has 0 bridgehead atoms. The van der Waals surface area contributed by atoms with Gasteiger partial charge in [-0.1, -0.05) is 36.4 Å². The summed E-state index contributed by atoms with van der Waals surface area (Å²) in [6.07, 6.45) is 1.71. The SMILES string of the molecule is O=C(CNc1cccc2cccnc12)NCc1ccccc1F. The molecule has 0 aliphatic heterocycles. The van der Waals surface area contributed by atoms with Crippen molar-refractivity contribution < 1.29 is 9.18 Å². The average molecular weight is 309 g/mol. The number of para-hydroxylation sites is 1. The lowest BCUT2D eigenvalue weighted by Crippen LogP contribution is -2.29. The van der Waals surface area contributed by atoms with Crippen molar-refractivity contribution in [3.63, 3.8) is 0 Å². The fourth-order valence-corrected chi connectivity index (χ4v) is 2.32. The summed E-state index contributed by atoms with van der Waals surface area (Å²) in [6, 6.07) is 16.0. The van der Waals surface area contributed by atoms with Crippen LogP contribution in [-0.4, -0.2) is 17.4 Å². The van der Waals surface area contributed by atoms with Crippen molar-refractivity contribution in [1.29, 1.82) is 0 Å². The van der Waals surface area contributed by atoms with Gasteiger partial charge in [0, 0.05) is 23.7 Å². The van der Waals surface area contributed by atoms with E-state index in [4.69, 9.17) is 0 Å². The topological polar surface area (TPSA) is 54.0 Å². The molecule has 2 aromatic carbocycles. The highest BCUT2D eigenvalue weighted by molar-refractivity contribution is 5.92. The monoisotopic (exact) mass is 309 g/mol. The van der Waals surface area contributed by atoms with E-state index in [0.717, 1.165) is 16.6 Å². The molecule has 1 heterocycles. The van der Waals surface area contributed by atoms with Crippen LogP contribution in [0.25, 0.3) is 10.9 Å². The Labute approximate surface area is 133 Å². The summed E-state index contributed by atoms with van der Waals surface area (Å²) >= 11 is 0. The molecular weight excluding hydrogens is 293 g/mol. The number of benzene rings is 2. The number of pyridine rings is 1. The summed E-state index contributed by atoms with van der Waals surface area (Å²) in [7, 11) is 0. The van der Waals surface area contributed by atoms with E-state index in [1.807, 2.05) is 30.3 Å². The summed E-state index contributed by atoms with van der Waals surface area (Å²) in [6.45, 7) is 0.269.